The zero-order valence-electron chi connectivity index (χ0n) is 26.7. The number of pyridine rings is 1. The van der Waals surface area contributed by atoms with Gasteiger partial charge in [0.25, 0.3) is 0 Å². The summed E-state index contributed by atoms with van der Waals surface area (Å²) in [5, 5.41) is 7.69. The molecule has 0 aliphatic carbocycles. The van der Waals surface area contributed by atoms with Gasteiger partial charge in [0.15, 0.2) is 0 Å². The van der Waals surface area contributed by atoms with Gasteiger partial charge in [-0.15, -0.1) is 0 Å². The zero-order chi connectivity index (χ0) is 32.2. The van der Waals surface area contributed by atoms with Crippen LogP contribution in [0, 0.1) is 0 Å². The summed E-state index contributed by atoms with van der Waals surface area (Å²) in [5.41, 5.74) is 4.87. The molecule has 0 aliphatic heterocycles. The second kappa shape index (κ2) is 13.2. The van der Waals surface area contributed by atoms with Crippen LogP contribution in [0.15, 0.2) is 97.2 Å². The molecule has 1 heterocycles. The number of carbonyl (C=O) groups is 1. The minimum absolute atomic E-state index is 0.192. The Morgan fingerprint density at radius 3 is 2.22 bits per heavy atom. The molecule has 5 rings (SSSR count). The van der Waals surface area contributed by atoms with Crippen LogP contribution in [0.4, 0.5) is 16.2 Å². The molecule has 0 bridgehead atoms. The molecule has 45 heavy (non-hydrogen) atoms. The molecule has 0 atom stereocenters. The summed E-state index contributed by atoms with van der Waals surface area (Å²) in [5.74, 6) is 1.87. The van der Waals surface area contributed by atoms with Crippen LogP contribution in [-0.2, 0) is 22.6 Å². The Morgan fingerprint density at radius 1 is 0.844 bits per heavy atom. The van der Waals surface area contributed by atoms with Crippen LogP contribution in [0.2, 0.25) is 0 Å². The fourth-order valence-electron chi connectivity index (χ4n) is 5.28. The van der Waals surface area contributed by atoms with E-state index in [1.165, 1.54) is 5.56 Å². The summed E-state index contributed by atoms with van der Waals surface area (Å²) in [6.07, 6.45) is 2.83. The van der Waals surface area contributed by atoms with Crippen molar-refractivity contribution in [1.29, 1.82) is 0 Å². The lowest BCUT2D eigenvalue weighted by molar-refractivity contribution is 0.262. The molecule has 0 radical (unpaired) electrons. The number of methoxy groups -OCH3 is 1. The first-order valence-corrected chi connectivity index (χ1v) is 17.7. The number of ether oxygens (including phenoxy) is 2. The number of nitrogens with zero attached hydrogens (tertiary/aromatic N) is 1. The summed E-state index contributed by atoms with van der Waals surface area (Å²) in [6, 6.07) is 29.0. The average molecular weight is 622 g/mol. The Bertz CT molecular complexity index is 1880. The standard InChI is InChI=1S/C37H40N3O4P/c1-37(2,3)27-21-26(24-45(5,6)42)35(43-4)33(22-27)40-36(41)39-32-16-17-34(31-15-11-10-14-30(31)32)44-29-18-19-38-28(23-29)20-25-12-8-7-9-13-25/h7-19,21-23H,20,24H2,1-6H3,(H2,39,40,41). The molecule has 1 aromatic heterocycles. The molecule has 232 valence electrons. The van der Waals surface area contributed by atoms with E-state index in [1.54, 1.807) is 26.6 Å². The van der Waals surface area contributed by atoms with E-state index in [4.69, 9.17) is 9.47 Å². The lowest BCUT2D eigenvalue weighted by Crippen LogP contribution is -2.21. The van der Waals surface area contributed by atoms with Gasteiger partial charge in [0.2, 0.25) is 0 Å². The van der Waals surface area contributed by atoms with Crippen molar-refractivity contribution in [1.82, 2.24) is 4.98 Å². The van der Waals surface area contributed by atoms with Crippen molar-refractivity contribution in [2.24, 2.45) is 0 Å². The van der Waals surface area contributed by atoms with Gasteiger partial charge in [-0.2, -0.15) is 0 Å². The molecule has 2 N–H and O–H groups in total. The fourth-order valence-corrected chi connectivity index (χ4v) is 6.33. The van der Waals surface area contributed by atoms with Crippen LogP contribution in [-0.4, -0.2) is 31.5 Å². The maximum Gasteiger partial charge on any atom is 0.323 e. The molecule has 4 aromatic carbocycles. The van der Waals surface area contributed by atoms with Gasteiger partial charge in [-0.05, 0) is 54.1 Å². The van der Waals surface area contributed by atoms with Gasteiger partial charge < -0.3 is 24.7 Å². The third-order valence-corrected chi connectivity index (χ3v) is 8.51. The number of rotatable bonds is 9. The predicted octanol–water partition coefficient (Wildman–Crippen LogP) is 9.69. The number of carbonyl (C=O) groups excluding carboxylic acids is 1. The Labute approximate surface area is 265 Å². The van der Waals surface area contributed by atoms with Gasteiger partial charge in [-0.1, -0.05) is 81.4 Å². The number of nitrogens with one attached hydrogen (secondary N) is 2. The largest absolute Gasteiger partial charge is 0.494 e. The minimum atomic E-state index is -2.41. The van der Waals surface area contributed by atoms with Gasteiger partial charge >= 0.3 is 6.03 Å². The topological polar surface area (TPSA) is 89.5 Å². The van der Waals surface area contributed by atoms with E-state index in [0.29, 0.717) is 41.2 Å². The molecule has 0 unspecified atom stereocenters. The number of urea groups is 1. The number of anilines is 2. The minimum Gasteiger partial charge on any atom is -0.494 e. The van der Waals surface area contributed by atoms with Crippen LogP contribution in [0.3, 0.4) is 0 Å². The predicted molar refractivity (Wildman–Crippen MR) is 185 cm³/mol. The quantitative estimate of drug-likeness (QED) is 0.160. The first kappa shape index (κ1) is 31.8. The zero-order valence-corrected chi connectivity index (χ0v) is 27.6. The summed E-state index contributed by atoms with van der Waals surface area (Å²) in [4.78, 5) is 18.0. The number of fused-ring (bicyclic) bond motifs is 1. The fraction of sp³-hybridized carbons (Fsp3) is 0.243. The SMILES string of the molecule is COc1c(CP(C)(C)=O)cc(C(C)(C)C)cc1NC(=O)Nc1ccc(Oc2ccnc(Cc3ccccc3)c2)c2ccccc12. The number of hydrogen-bond donors (Lipinski definition) is 2. The smallest absolute Gasteiger partial charge is 0.323 e. The van der Waals surface area contributed by atoms with Crippen molar-refractivity contribution >= 4 is 35.3 Å². The lowest BCUT2D eigenvalue weighted by atomic mass is 9.85. The van der Waals surface area contributed by atoms with Crippen molar-refractivity contribution in [2.75, 3.05) is 31.1 Å². The van der Waals surface area contributed by atoms with Gasteiger partial charge in [0.1, 0.15) is 17.2 Å². The maximum atomic E-state index is 13.4. The maximum absolute atomic E-state index is 13.4. The molecular weight excluding hydrogens is 581 g/mol. The van der Waals surface area contributed by atoms with Crippen molar-refractivity contribution < 1.29 is 18.8 Å². The number of hydrogen-bond acceptors (Lipinski definition) is 5. The van der Waals surface area contributed by atoms with Crippen LogP contribution >= 0.6 is 7.14 Å². The van der Waals surface area contributed by atoms with Gasteiger partial charge in [-0.3, -0.25) is 4.98 Å². The van der Waals surface area contributed by atoms with E-state index < -0.39 is 13.2 Å². The third-order valence-electron chi connectivity index (χ3n) is 7.41. The van der Waals surface area contributed by atoms with Gasteiger partial charge in [0, 0.05) is 46.9 Å². The number of amides is 2. The summed E-state index contributed by atoms with van der Waals surface area (Å²) in [6.45, 7) is 9.82. The Hall–Kier alpha value is -4.61. The van der Waals surface area contributed by atoms with Gasteiger partial charge in [-0.25, -0.2) is 4.79 Å². The Balaban J connectivity index is 1.40. The highest BCUT2D eigenvalue weighted by Crippen LogP contribution is 2.46. The Morgan fingerprint density at radius 2 is 1.53 bits per heavy atom. The first-order chi connectivity index (χ1) is 21.4. The molecule has 0 saturated heterocycles. The highest BCUT2D eigenvalue weighted by Gasteiger charge is 2.23. The molecule has 7 nitrogen and oxygen atoms in total. The monoisotopic (exact) mass is 621 g/mol. The normalized spacial score (nSPS) is 11.7. The van der Waals surface area contributed by atoms with E-state index in [2.05, 4.69) is 48.5 Å². The highest BCUT2D eigenvalue weighted by atomic mass is 31.2. The molecule has 0 aliphatic rings. The van der Waals surface area contributed by atoms with Crippen molar-refractivity contribution in [3.63, 3.8) is 0 Å². The molecule has 8 heteroatoms. The highest BCUT2D eigenvalue weighted by molar-refractivity contribution is 7.61. The van der Waals surface area contributed by atoms with E-state index in [0.717, 1.165) is 27.6 Å². The van der Waals surface area contributed by atoms with Crippen molar-refractivity contribution in [3.05, 3.63) is 120 Å². The van der Waals surface area contributed by atoms with Crippen LogP contribution in [0.25, 0.3) is 10.8 Å². The third kappa shape index (κ3) is 8.11. The number of aromatic nitrogens is 1. The second-order valence-corrected chi connectivity index (χ2v) is 16.1. The van der Waals surface area contributed by atoms with Crippen LogP contribution < -0.4 is 20.1 Å². The number of benzene rings is 4. The van der Waals surface area contributed by atoms with E-state index in [1.807, 2.05) is 78.9 Å². The first-order valence-electron chi connectivity index (χ1n) is 14.9. The van der Waals surface area contributed by atoms with E-state index in [-0.39, 0.29) is 5.41 Å². The second-order valence-electron chi connectivity index (χ2n) is 12.7. The average Bonchev–Trinajstić information content (AvgIpc) is 2.98. The van der Waals surface area contributed by atoms with Crippen molar-refractivity contribution in [2.45, 2.75) is 38.8 Å². The molecule has 0 saturated carbocycles. The van der Waals surface area contributed by atoms with E-state index in [9.17, 15) is 9.36 Å². The van der Waals surface area contributed by atoms with Crippen molar-refractivity contribution in [3.8, 4) is 17.2 Å². The Kier molecular flexibility index (Phi) is 9.31. The molecule has 2 amide bonds. The molecular formula is C37H40N3O4P. The lowest BCUT2D eigenvalue weighted by Gasteiger charge is -2.24. The van der Waals surface area contributed by atoms with Gasteiger partial charge in [0.05, 0.1) is 25.6 Å². The summed E-state index contributed by atoms with van der Waals surface area (Å²) >= 11 is 0. The molecule has 0 spiro atoms. The van der Waals surface area contributed by atoms with Crippen LogP contribution in [0.5, 0.6) is 17.2 Å². The summed E-state index contributed by atoms with van der Waals surface area (Å²) < 4.78 is 24.9. The summed E-state index contributed by atoms with van der Waals surface area (Å²) in [7, 11) is -0.845. The van der Waals surface area contributed by atoms with Crippen LogP contribution in [0.1, 0.15) is 43.2 Å². The van der Waals surface area contributed by atoms with E-state index >= 15 is 0 Å². The molecule has 5 aromatic rings. The molecule has 0 fully saturated rings.